The van der Waals surface area contributed by atoms with Crippen molar-refractivity contribution in [2.24, 2.45) is 0 Å². The Morgan fingerprint density at radius 1 is 1.14 bits per heavy atom. The number of aromatic nitrogens is 3. The van der Waals surface area contributed by atoms with Crippen molar-refractivity contribution >= 4 is 17.2 Å². The molecule has 0 atom stereocenters. The molecule has 3 heterocycles. The first-order valence-electron chi connectivity index (χ1n) is 10.3. The molecule has 0 spiro atoms. The maximum atomic E-state index is 13.4. The first kappa shape index (κ1) is 19.8. The summed E-state index contributed by atoms with van der Waals surface area (Å²) in [6.07, 6.45) is 6.39. The molecule has 0 radical (unpaired) electrons. The summed E-state index contributed by atoms with van der Waals surface area (Å²) in [7, 11) is 0. The van der Waals surface area contributed by atoms with E-state index in [1.54, 1.807) is 17.5 Å². The Hall–Kier alpha value is -2.51. The summed E-state index contributed by atoms with van der Waals surface area (Å²) in [4.78, 5) is 22.1. The standard InChI is InChI=1S/C22H27N5OS/c1-2-7-20-19(16-24-27(20)18-8-4-3-5-9-18)22(28)26-12-6-11-25(13-14-26)17-21-23-10-15-29-21/h3-5,8-10,15-16H,2,6-7,11-14,17H2,1H3. The summed E-state index contributed by atoms with van der Waals surface area (Å²) >= 11 is 1.69. The van der Waals surface area contributed by atoms with E-state index < -0.39 is 0 Å². The summed E-state index contributed by atoms with van der Waals surface area (Å²) in [6, 6.07) is 10.1. The zero-order valence-electron chi connectivity index (χ0n) is 16.8. The Morgan fingerprint density at radius 3 is 2.76 bits per heavy atom. The van der Waals surface area contributed by atoms with Crippen LogP contribution in [0, 0.1) is 0 Å². The van der Waals surface area contributed by atoms with Gasteiger partial charge in [-0.1, -0.05) is 31.5 Å². The van der Waals surface area contributed by atoms with E-state index in [0.29, 0.717) is 0 Å². The fourth-order valence-corrected chi connectivity index (χ4v) is 4.50. The number of nitrogens with zero attached hydrogens (tertiary/aromatic N) is 5. The second-order valence-corrected chi connectivity index (χ2v) is 8.33. The molecule has 29 heavy (non-hydrogen) atoms. The number of thiazole rings is 1. The molecule has 152 valence electrons. The SMILES string of the molecule is CCCc1c(C(=O)N2CCCN(Cc3nccs3)CC2)cnn1-c1ccccc1. The largest absolute Gasteiger partial charge is 0.337 e. The highest BCUT2D eigenvalue weighted by atomic mass is 32.1. The molecule has 7 heteroatoms. The lowest BCUT2D eigenvalue weighted by molar-refractivity contribution is 0.0760. The fourth-order valence-electron chi connectivity index (χ4n) is 3.85. The average Bonchev–Trinajstić information content (AvgIpc) is 3.34. The number of hydrogen-bond donors (Lipinski definition) is 0. The third-order valence-corrected chi connectivity index (χ3v) is 6.07. The molecule has 1 saturated heterocycles. The van der Waals surface area contributed by atoms with E-state index in [4.69, 9.17) is 0 Å². The van der Waals surface area contributed by atoms with Crippen LogP contribution < -0.4 is 0 Å². The predicted octanol–water partition coefficient (Wildman–Crippen LogP) is 3.63. The number of hydrogen-bond acceptors (Lipinski definition) is 5. The van der Waals surface area contributed by atoms with E-state index in [2.05, 4.69) is 21.9 Å². The Balaban J connectivity index is 1.49. The van der Waals surface area contributed by atoms with Crippen molar-refractivity contribution in [1.82, 2.24) is 24.6 Å². The minimum atomic E-state index is 0.103. The van der Waals surface area contributed by atoms with Crippen molar-refractivity contribution in [2.45, 2.75) is 32.7 Å². The number of carbonyl (C=O) groups is 1. The third-order valence-electron chi connectivity index (χ3n) is 5.30. The van der Waals surface area contributed by atoms with Crippen LogP contribution in [0.25, 0.3) is 5.69 Å². The van der Waals surface area contributed by atoms with Crippen LogP contribution in [0.1, 0.15) is 40.8 Å². The summed E-state index contributed by atoms with van der Waals surface area (Å²) < 4.78 is 1.92. The van der Waals surface area contributed by atoms with Crippen molar-refractivity contribution in [3.05, 3.63) is 64.4 Å². The highest BCUT2D eigenvalue weighted by Crippen LogP contribution is 2.20. The van der Waals surface area contributed by atoms with Crippen LogP contribution in [0.2, 0.25) is 0 Å². The molecule has 0 aliphatic carbocycles. The van der Waals surface area contributed by atoms with Gasteiger partial charge in [0.25, 0.3) is 5.91 Å². The van der Waals surface area contributed by atoms with Gasteiger partial charge in [-0.05, 0) is 25.0 Å². The minimum absolute atomic E-state index is 0.103. The lowest BCUT2D eigenvalue weighted by atomic mass is 10.1. The average molecular weight is 410 g/mol. The quantitative estimate of drug-likeness (QED) is 0.624. The molecular weight excluding hydrogens is 382 g/mol. The predicted molar refractivity (Wildman–Crippen MR) is 115 cm³/mol. The van der Waals surface area contributed by atoms with Gasteiger partial charge in [-0.25, -0.2) is 9.67 Å². The summed E-state index contributed by atoms with van der Waals surface area (Å²) in [5, 5.41) is 7.72. The van der Waals surface area contributed by atoms with Gasteiger partial charge in [0, 0.05) is 37.8 Å². The Kier molecular flexibility index (Phi) is 6.36. The number of benzene rings is 1. The van der Waals surface area contributed by atoms with Gasteiger partial charge in [0.05, 0.1) is 29.7 Å². The van der Waals surface area contributed by atoms with Crippen molar-refractivity contribution in [3.63, 3.8) is 0 Å². The summed E-state index contributed by atoms with van der Waals surface area (Å²) in [5.74, 6) is 0.103. The Morgan fingerprint density at radius 2 is 2.00 bits per heavy atom. The molecule has 0 N–H and O–H groups in total. The number of carbonyl (C=O) groups excluding carboxylic acids is 1. The summed E-state index contributed by atoms with van der Waals surface area (Å²) in [5.41, 5.74) is 2.75. The zero-order chi connectivity index (χ0) is 20.1. The Bertz CT molecular complexity index is 922. The van der Waals surface area contributed by atoms with Crippen LogP contribution in [0.15, 0.2) is 48.1 Å². The van der Waals surface area contributed by atoms with E-state index in [1.165, 1.54) is 0 Å². The van der Waals surface area contributed by atoms with Crippen molar-refractivity contribution in [3.8, 4) is 5.69 Å². The van der Waals surface area contributed by atoms with E-state index in [9.17, 15) is 4.79 Å². The molecule has 0 bridgehead atoms. The molecule has 1 aliphatic heterocycles. The molecule has 1 amide bonds. The monoisotopic (exact) mass is 409 g/mol. The number of amides is 1. The van der Waals surface area contributed by atoms with Gasteiger partial charge in [-0.3, -0.25) is 9.69 Å². The molecule has 2 aromatic heterocycles. The van der Waals surface area contributed by atoms with Crippen LogP contribution in [-0.2, 0) is 13.0 Å². The van der Waals surface area contributed by atoms with Gasteiger partial charge in [-0.2, -0.15) is 5.10 Å². The second kappa shape index (κ2) is 9.33. The third kappa shape index (κ3) is 4.57. The maximum absolute atomic E-state index is 13.4. The van der Waals surface area contributed by atoms with Crippen molar-refractivity contribution in [2.75, 3.05) is 26.2 Å². The van der Waals surface area contributed by atoms with E-state index in [1.807, 2.05) is 51.5 Å². The molecule has 1 fully saturated rings. The van der Waals surface area contributed by atoms with E-state index in [0.717, 1.165) is 73.9 Å². The molecule has 1 aliphatic rings. The molecule has 0 unspecified atom stereocenters. The molecule has 3 aromatic rings. The summed E-state index contributed by atoms with van der Waals surface area (Å²) in [6.45, 7) is 6.41. The van der Waals surface area contributed by atoms with E-state index >= 15 is 0 Å². The topological polar surface area (TPSA) is 54.3 Å². The molecule has 1 aromatic carbocycles. The highest BCUT2D eigenvalue weighted by Gasteiger charge is 2.25. The normalized spacial score (nSPS) is 15.4. The lowest BCUT2D eigenvalue weighted by Gasteiger charge is -2.21. The van der Waals surface area contributed by atoms with Gasteiger partial charge in [0.2, 0.25) is 0 Å². The van der Waals surface area contributed by atoms with Gasteiger partial charge >= 0.3 is 0 Å². The fraction of sp³-hybridized carbons (Fsp3) is 0.409. The van der Waals surface area contributed by atoms with Crippen molar-refractivity contribution in [1.29, 1.82) is 0 Å². The molecule has 6 nitrogen and oxygen atoms in total. The molecule has 0 saturated carbocycles. The molecule has 4 rings (SSSR count). The van der Waals surface area contributed by atoms with Gasteiger partial charge in [-0.15, -0.1) is 11.3 Å². The van der Waals surface area contributed by atoms with Crippen LogP contribution in [0.3, 0.4) is 0 Å². The van der Waals surface area contributed by atoms with E-state index in [-0.39, 0.29) is 5.91 Å². The van der Waals surface area contributed by atoms with Gasteiger partial charge < -0.3 is 4.90 Å². The first-order chi connectivity index (χ1) is 14.3. The zero-order valence-corrected chi connectivity index (χ0v) is 17.6. The highest BCUT2D eigenvalue weighted by molar-refractivity contribution is 7.09. The van der Waals surface area contributed by atoms with Gasteiger partial charge in [0.15, 0.2) is 0 Å². The van der Waals surface area contributed by atoms with Gasteiger partial charge in [0.1, 0.15) is 5.01 Å². The van der Waals surface area contributed by atoms with Crippen molar-refractivity contribution < 1.29 is 4.79 Å². The molecular formula is C22H27N5OS. The number of rotatable bonds is 6. The second-order valence-electron chi connectivity index (χ2n) is 7.35. The van der Waals surface area contributed by atoms with Crippen LogP contribution >= 0.6 is 11.3 Å². The lowest BCUT2D eigenvalue weighted by Crippen LogP contribution is -2.35. The first-order valence-corrected chi connectivity index (χ1v) is 11.2. The smallest absolute Gasteiger partial charge is 0.257 e. The van der Waals surface area contributed by atoms with Crippen LogP contribution in [0.4, 0.5) is 0 Å². The maximum Gasteiger partial charge on any atom is 0.257 e. The number of para-hydroxylation sites is 1. The van der Waals surface area contributed by atoms with Crippen LogP contribution in [-0.4, -0.2) is 56.7 Å². The Labute approximate surface area is 175 Å². The van der Waals surface area contributed by atoms with Crippen LogP contribution in [0.5, 0.6) is 0 Å². The minimum Gasteiger partial charge on any atom is -0.337 e.